The van der Waals surface area contributed by atoms with Crippen molar-refractivity contribution in [1.29, 1.82) is 0 Å². The molecule has 0 fully saturated rings. The molecule has 2 aromatic rings. The van der Waals surface area contributed by atoms with Gasteiger partial charge in [0.05, 0.1) is 13.0 Å². The number of ether oxygens (including phenoxy) is 1. The number of amides is 1. The standard InChI is InChI=1S/C19H23NO3/c1-13(2)12-23-19(22)14(3)20-18(21)11-16-9-6-8-15-7-4-5-10-17(15)16/h4-10,13-14H,11-12H2,1-3H3,(H,20,21). The van der Waals surface area contributed by atoms with Crippen molar-refractivity contribution in [1.82, 2.24) is 5.32 Å². The second-order valence-electron chi connectivity index (χ2n) is 6.13. The highest BCUT2D eigenvalue weighted by atomic mass is 16.5. The molecule has 4 heteroatoms. The molecule has 2 rings (SSSR count). The van der Waals surface area contributed by atoms with Crippen molar-refractivity contribution in [3.05, 3.63) is 48.0 Å². The predicted octanol–water partition coefficient (Wildman–Crippen LogP) is 3.09. The highest BCUT2D eigenvalue weighted by Gasteiger charge is 2.18. The maximum Gasteiger partial charge on any atom is 0.328 e. The Hall–Kier alpha value is -2.36. The van der Waals surface area contributed by atoms with Gasteiger partial charge >= 0.3 is 5.97 Å². The van der Waals surface area contributed by atoms with Crippen molar-refractivity contribution < 1.29 is 14.3 Å². The van der Waals surface area contributed by atoms with Crippen LogP contribution in [0.25, 0.3) is 10.8 Å². The molecule has 0 aromatic heterocycles. The molecule has 0 aliphatic rings. The van der Waals surface area contributed by atoms with Gasteiger partial charge in [0.1, 0.15) is 6.04 Å². The van der Waals surface area contributed by atoms with E-state index in [1.54, 1.807) is 6.92 Å². The van der Waals surface area contributed by atoms with E-state index in [2.05, 4.69) is 5.32 Å². The lowest BCUT2D eigenvalue weighted by Gasteiger charge is -2.15. The molecule has 0 spiro atoms. The third-order valence-corrected chi connectivity index (χ3v) is 3.52. The molecule has 0 aliphatic heterocycles. The summed E-state index contributed by atoms with van der Waals surface area (Å²) in [5, 5.41) is 4.86. The molecule has 122 valence electrons. The Morgan fingerprint density at radius 3 is 2.48 bits per heavy atom. The van der Waals surface area contributed by atoms with E-state index in [0.29, 0.717) is 6.61 Å². The molecule has 2 aromatic carbocycles. The fourth-order valence-electron chi connectivity index (χ4n) is 2.34. The summed E-state index contributed by atoms with van der Waals surface area (Å²) in [7, 11) is 0. The van der Waals surface area contributed by atoms with Crippen LogP contribution >= 0.6 is 0 Å². The van der Waals surface area contributed by atoms with Gasteiger partial charge in [-0.15, -0.1) is 0 Å². The maximum atomic E-state index is 12.2. The van der Waals surface area contributed by atoms with Crippen LogP contribution < -0.4 is 5.32 Å². The minimum Gasteiger partial charge on any atom is -0.464 e. The number of fused-ring (bicyclic) bond motifs is 1. The highest BCUT2D eigenvalue weighted by molar-refractivity contribution is 5.91. The zero-order valence-electron chi connectivity index (χ0n) is 13.8. The number of carbonyl (C=O) groups excluding carboxylic acids is 2. The van der Waals surface area contributed by atoms with Gasteiger partial charge in [0.15, 0.2) is 0 Å². The van der Waals surface area contributed by atoms with Gasteiger partial charge in [-0.2, -0.15) is 0 Å². The SMILES string of the molecule is CC(C)COC(=O)C(C)NC(=O)Cc1cccc2ccccc12. The molecule has 23 heavy (non-hydrogen) atoms. The summed E-state index contributed by atoms with van der Waals surface area (Å²) in [6, 6.07) is 13.2. The number of hydrogen-bond donors (Lipinski definition) is 1. The monoisotopic (exact) mass is 313 g/mol. The fourth-order valence-corrected chi connectivity index (χ4v) is 2.34. The number of esters is 1. The van der Waals surface area contributed by atoms with Crippen molar-refractivity contribution in [3.8, 4) is 0 Å². The molecular weight excluding hydrogens is 290 g/mol. The molecular formula is C19H23NO3. The first-order valence-electron chi connectivity index (χ1n) is 7.90. The average Bonchev–Trinajstić information content (AvgIpc) is 2.52. The molecule has 1 N–H and O–H groups in total. The van der Waals surface area contributed by atoms with Crippen LogP contribution in [0.15, 0.2) is 42.5 Å². The van der Waals surface area contributed by atoms with Gasteiger partial charge in [0.25, 0.3) is 0 Å². The smallest absolute Gasteiger partial charge is 0.328 e. The minimum absolute atomic E-state index is 0.185. The molecule has 0 saturated heterocycles. The van der Waals surface area contributed by atoms with Crippen LogP contribution in [0.1, 0.15) is 26.3 Å². The summed E-state index contributed by atoms with van der Waals surface area (Å²) in [5.74, 6) is -0.308. The van der Waals surface area contributed by atoms with Crippen molar-refractivity contribution in [2.24, 2.45) is 5.92 Å². The molecule has 1 amide bonds. The Morgan fingerprint density at radius 2 is 1.74 bits per heavy atom. The van der Waals surface area contributed by atoms with Gasteiger partial charge < -0.3 is 10.1 Å². The largest absolute Gasteiger partial charge is 0.464 e. The zero-order valence-corrected chi connectivity index (χ0v) is 13.8. The summed E-state index contributed by atoms with van der Waals surface area (Å²) in [4.78, 5) is 24.0. The number of rotatable bonds is 6. The summed E-state index contributed by atoms with van der Waals surface area (Å²) >= 11 is 0. The Labute approximate surface area is 136 Å². The Bertz CT molecular complexity index is 689. The molecule has 0 bridgehead atoms. The lowest BCUT2D eigenvalue weighted by Crippen LogP contribution is -2.40. The van der Waals surface area contributed by atoms with Gasteiger partial charge in [-0.25, -0.2) is 4.79 Å². The predicted molar refractivity (Wildman–Crippen MR) is 91.1 cm³/mol. The van der Waals surface area contributed by atoms with E-state index < -0.39 is 12.0 Å². The number of benzene rings is 2. The van der Waals surface area contributed by atoms with E-state index in [1.165, 1.54) is 0 Å². The van der Waals surface area contributed by atoms with Crippen molar-refractivity contribution in [3.63, 3.8) is 0 Å². The normalized spacial score (nSPS) is 12.2. The van der Waals surface area contributed by atoms with Gasteiger partial charge in [0.2, 0.25) is 5.91 Å². The van der Waals surface area contributed by atoms with Crippen molar-refractivity contribution in [2.75, 3.05) is 6.61 Å². The Kier molecular flexibility index (Phi) is 5.74. The maximum absolute atomic E-state index is 12.2. The van der Waals surface area contributed by atoms with Crippen LogP contribution in [-0.2, 0) is 20.7 Å². The van der Waals surface area contributed by atoms with E-state index in [0.717, 1.165) is 16.3 Å². The molecule has 1 atom stereocenters. The Balaban J connectivity index is 1.97. The topological polar surface area (TPSA) is 55.4 Å². The average molecular weight is 313 g/mol. The van der Waals surface area contributed by atoms with Crippen molar-refractivity contribution in [2.45, 2.75) is 33.2 Å². The molecule has 4 nitrogen and oxygen atoms in total. The molecule has 1 unspecified atom stereocenters. The van der Waals surface area contributed by atoms with Crippen LogP contribution in [0.2, 0.25) is 0 Å². The second-order valence-corrected chi connectivity index (χ2v) is 6.13. The summed E-state index contributed by atoms with van der Waals surface area (Å²) in [6.07, 6.45) is 0.239. The van der Waals surface area contributed by atoms with Crippen LogP contribution in [0, 0.1) is 5.92 Å². The van der Waals surface area contributed by atoms with Crippen LogP contribution in [0.3, 0.4) is 0 Å². The lowest BCUT2D eigenvalue weighted by atomic mass is 10.0. The van der Waals surface area contributed by atoms with Gasteiger partial charge in [-0.3, -0.25) is 4.79 Å². The Morgan fingerprint density at radius 1 is 1.04 bits per heavy atom. The molecule has 0 radical (unpaired) electrons. The third-order valence-electron chi connectivity index (χ3n) is 3.52. The third kappa shape index (κ3) is 4.81. The first kappa shape index (κ1) is 17.0. The summed E-state index contributed by atoms with van der Waals surface area (Å²) in [6.45, 7) is 5.94. The second kappa shape index (κ2) is 7.77. The zero-order chi connectivity index (χ0) is 16.8. The van der Waals surface area contributed by atoms with Gasteiger partial charge in [-0.1, -0.05) is 56.3 Å². The van der Waals surface area contributed by atoms with Crippen LogP contribution in [0.5, 0.6) is 0 Å². The van der Waals surface area contributed by atoms with Crippen LogP contribution in [-0.4, -0.2) is 24.5 Å². The summed E-state index contributed by atoms with van der Waals surface area (Å²) < 4.78 is 5.13. The molecule has 0 saturated carbocycles. The van der Waals surface area contributed by atoms with E-state index in [4.69, 9.17) is 4.74 Å². The lowest BCUT2D eigenvalue weighted by molar-refractivity contribution is -0.148. The van der Waals surface area contributed by atoms with Gasteiger partial charge in [0, 0.05) is 0 Å². The molecule has 0 aliphatic carbocycles. The minimum atomic E-state index is -0.642. The summed E-state index contributed by atoms with van der Waals surface area (Å²) in [5.41, 5.74) is 0.948. The highest BCUT2D eigenvalue weighted by Crippen LogP contribution is 2.18. The van der Waals surface area contributed by atoms with E-state index in [9.17, 15) is 9.59 Å². The number of nitrogens with one attached hydrogen (secondary N) is 1. The first-order valence-corrected chi connectivity index (χ1v) is 7.90. The number of carbonyl (C=O) groups is 2. The van der Waals surface area contributed by atoms with Crippen molar-refractivity contribution >= 4 is 22.6 Å². The van der Waals surface area contributed by atoms with Crippen LogP contribution in [0.4, 0.5) is 0 Å². The fraction of sp³-hybridized carbons (Fsp3) is 0.368. The number of hydrogen-bond acceptors (Lipinski definition) is 3. The van der Waals surface area contributed by atoms with E-state index >= 15 is 0 Å². The van der Waals surface area contributed by atoms with E-state index in [1.807, 2.05) is 56.3 Å². The van der Waals surface area contributed by atoms with Gasteiger partial charge in [-0.05, 0) is 29.2 Å². The first-order chi connectivity index (χ1) is 11.0. The quantitative estimate of drug-likeness (QED) is 0.834. The molecule has 0 heterocycles. The van der Waals surface area contributed by atoms with E-state index in [-0.39, 0.29) is 18.2 Å².